The fraction of sp³-hybridized carbons (Fsp3) is 0.833. The van der Waals surface area contributed by atoms with E-state index >= 15 is 0 Å². The maximum Gasteiger partial charge on any atom is 0.320 e. The Morgan fingerprint density at radius 3 is 2.60 bits per heavy atom. The van der Waals surface area contributed by atoms with Crippen molar-refractivity contribution in [2.24, 2.45) is 0 Å². The van der Waals surface area contributed by atoms with Gasteiger partial charge in [-0.3, -0.25) is 4.79 Å². The number of rotatable bonds is 5. The Morgan fingerprint density at radius 1 is 1.70 bits per heavy atom. The minimum atomic E-state index is -0.865. The second-order valence-electron chi connectivity index (χ2n) is 1.98. The molecule has 0 spiro atoms. The van der Waals surface area contributed by atoms with Crippen LogP contribution in [0.4, 0.5) is 0 Å². The number of nitrogens with one attached hydrogen (secondary N) is 1. The third-order valence-electron chi connectivity index (χ3n) is 1.21. The van der Waals surface area contributed by atoms with Crippen LogP contribution in [0.1, 0.15) is 13.3 Å². The standard InChI is InChI=1S/C6H13NO3/c1-2-5(6(9)10)7-3-4-8/h5,7-8H,2-4H2,1H3,(H,9,10)/t5-/m0/s1. The predicted molar refractivity (Wildman–Crippen MR) is 36.8 cm³/mol. The lowest BCUT2D eigenvalue weighted by molar-refractivity contribution is -0.139. The van der Waals surface area contributed by atoms with Crippen molar-refractivity contribution in [1.29, 1.82) is 0 Å². The number of aliphatic hydroxyl groups is 1. The third-order valence-corrected chi connectivity index (χ3v) is 1.21. The van der Waals surface area contributed by atoms with E-state index in [1.54, 1.807) is 6.92 Å². The smallest absolute Gasteiger partial charge is 0.320 e. The van der Waals surface area contributed by atoms with E-state index in [1.807, 2.05) is 0 Å². The number of aliphatic hydroxyl groups excluding tert-OH is 1. The van der Waals surface area contributed by atoms with Gasteiger partial charge in [-0.15, -0.1) is 0 Å². The molecule has 0 aromatic rings. The van der Waals surface area contributed by atoms with Gasteiger partial charge in [0.15, 0.2) is 0 Å². The van der Waals surface area contributed by atoms with Crippen LogP contribution in [0.25, 0.3) is 0 Å². The zero-order valence-electron chi connectivity index (χ0n) is 6.00. The van der Waals surface area contributed by atoms with Gasteiger partial charge in [0.2, 0.25) is 0 Å². The molecular formula is C6H13NO3. The van der Waals surface area contributed by atoms with Crippen LogP contribution < -0.4 is 5.32 Å². The second kappa shape index (κ2) is 5.20. The predicted octanol–water partition coefficient (Wildman–Crippen LogP) is -0.569. The van der Waals surface area contributed by atoms with Crippen LogP contribution in [-0.2, 0) is 4.79 Å². The van der Waals surface area contributed by atoms with Crippen molar-refractivity contribution in [1.82, 2.24) is 5.32 Å². The second-order valence-corrected chi connectivity index (χ2v) is 1.98. The van der Waals surface area contributed by atoms with Crippen molar-refractivity contribution in [2.75, 3.05) is 13.2 Å². The van der Waals surface area contributed by atoms with Crippen molar-refractivity contribution in [3.63, 3.8) is 0 Å². The number of carboxylic acids is 1. The highest BCUT2D eigenvalue weighted by Crippen LogP contribution is 1.88. The number of hydrogen-bond donors (Lipinski definition) is 3. The molecule has 60 valence electrons. The first-order valence-corrected chi connectivity index (χ1v) is 3.29. The van der Waals surface area contributed by atoms with Crippen LogP contribution in [0.2, 0.25) is 0 Å². The lowest BCUT2D eigenvalue weighted by atomic mass is 10.2. The molecule has 4 heteroatoms. The number of carboxylic acid groups (broad SMARTS) is 1. The Kier molecular flexibility index (Phi) is 4.88. The lowest BCUT2D eigenvalue weighted by Gasteiger charge is -2.09. The van der Waals surface area contributed by atoms with E-state index in [0.29, 0.717) is 13.0 Å². The average Bonchev–Trinajstić information content (AvgIpc) is 1.89. The molecule has 0 aromatic heterocycles. The molecule has 0 aliphatic heterocycles. The summed E-state index contributed by atoms with van der Waals surface area (Å²) < 4.78 is 0. The molecular weight excluding hydrogens is 134 g/mol. The van der Waals surface area contributed by atoms with Crippen LogP contribution in [0.3, 0.4) is 0 Å². The molecule has 0 rings (SSSR count). The van der Waals surface area contributed by atoms with Crippen molar-refractivity contribution < 1.29 is 15.0 Å². The zero-order valence-corrected chi connectivity index (χ0v) is 6.00. The van der Waals surface area contributed by atoms with E-state index in [0.717, 1.165) is 0 Å². The van der Waals surface area contributed by atoms with Crippen LogP contribution in [-0.4, -0.2) is 35.4 Å². The Balaban J connectivity index is 3.50. The highest BCUT2D eigenvalue weighted by molar-refractivity contribution is 5.73. The fourth-order valence-electron chi connectivity index (χ4n) is 0.645. The topological polar surface area (TPSA) is 69.6 Å². The van der Waals surface area contributed by atoms with E-state index in [2.05, 4.69) is 5.32 Å². The van der Waals surface area contributed by atoms with Gasteiger partial charge in [-0.1, -0.05) is 6.92 Å². The quantitative estimate of drug-likeness (QED) is 0.487. The Hall–Kier alpha value is -0.610. The average molecular weight is 147 g/mol. The van der Waals surface area contributed by atoms with Crippen LogP contribution >= 0.6 is 0 Å². The maximum atomic E-state index is 10.3. The molecule has 1 atom stereocenters. The Morgan fingerprint density at radius 2 is 2.30 bits per heavy atom. The van der Waals surface area contributed by atoms with E-state index in [4.69, 9.17) is 10.2 Å². The fourth-order valence-corrected chi connectivity index (χ4v) is 0.645. The van der Waals surface area contributed by atoms with Gasteiger partial charge in [-0.05, 0) is 6.42 Å². The van der Waals surface area contributed by atoms with Crippen LogP contribution in [0.15, 0.2) is 0 Å². The van der Waals surface area contributed by atoms with Gasteiger partial charge in [0, 0.05) is 6.54 Å². The minimum absolute atomic E-state index is 0.0240. The van der Waals surface area contributed by atoms with Crippen molar-refractivity contribution in [3.8, 4) is 0 Å². The van der Waals surface area contributed by atoms with Gasteiger partial charge in [-0.2, -0.15) is 0 Å². The minimum Gasteiger partial charge on any atom is -0.480 e. The van der Waals surface area contributed by atoms with E-state index in [9.17, 15) is 4.79 Å². The summed E-state index contributed by atoms with van der Waals surface area (Å²) in [5.41, 5.74) is 0. The van der Waals surface area contributed by atoms with Crippen LogP contribution in [0.5, 0.6) is 0 Å². The SMILES string of the molecule is CC[C@H](NCCO)C(=O)O. The van der Waals surface area contributed by atoms with Crippen molar-refractivity contribution >= 4 is 5.97 Å². The van der Waals surface area contributed by atoms with Gasteiger partial charge >= 0.3 is 5.97 Å². The number of carbonyl (C=O) groups is 1. The molecule has 0 aromatic carbocycles. The summed E-state index contributed by atoms with van der Waals surface area (Å²) in [7, 11) is 0. The van der Waals surface area contributed by atoms with Gasteiger partial charge in [0.1, 0.15) is 6.04 Å². The summed E-state index contributed by atoms with van der Waals surface area (Å²) in [6, 6.07) is -0.521. The summed E-state index contributed by atoms with van der Waals surface area (Å²) in [5, 5.41) is 19.5. The first-order valence-electron chi connectivity index (χ1n) is 3.29. The Labute approximate surface area is 59.9 Å². The van der Waals surface area contributed by atoms with Crippen molar-refractivity contribution in [2.45, 2.75) is 19.4 Å². The molecule has 0 aliphatic rings. The monoisotopic (exact) mass is 147 g/mol. The third kappa shape index (κ3) is 3.42. The van der Waals surface area contributed by atoms with Crippen LogP contribution in [0, 0.1) is 0 Å². The molecule has 0 amide bonds. The summed E-state index contributed by atoms with van der Waals surface area (Å²) in [4.78, 5) is 10.3. The Bertz CT molecular complexity index is 105. The van der Waals surface area contributed by atoms with Gasteiger partial charge < -0.3 is 15.5 Å². The first kappa shape index (κ1) is 9.39. The molecule has 0 bridgehead atoms. The maximum absolute atomic E-state index is 10.3. The lowest BCUT2D eigenvalue weighted by Crippen LogP contribution is -2.37. The summed E-state index contributed by atoms with van der Waals surface area (Å²) in [5.74, 6) is -0.865. The molecule has 4 nitrogen and oxygen atoms in total. The molecule has 3 N–H and O–H groups in total. The molecule has 0 radical (unpaired) electrons. The molecule has 0 aliphatic carbocycles. The summed E-state index contributed by atoms with van der Waals surface area (Å²) in [6.45, 7) is 2.09. The molecule has 0 saturated heterocycles. The molecule has 0 saturated carbocycles. The van der Waals surface area contributed by atoms with E-state index in [-0.39, 0.29) is 6.61 Å². The largest absolute Gasteiger partial charge is 0.480 e. The molecule has 0 fully saturated rings. The molecule has 0 heterocycles. The highest BCUT2D eigenvalue weighted by Gasteiger charge is 2.12. The summed E-state index contributed by atoms with van der Waals surface area (Å²) >= 11 is 0. The molecule has 10 heavy (non-hydrogen) atoms. The normalized spacial score (nSPS) is 13.0. The van der Waals surface area contributed by atoms with E-state index in [1.165, 1.54) is 0 Å². The number of hydrogen-bond acceptors (Lipinski definition) is 3. The van der Waals surface area contributed by atoms with Gasteiger partial charge in [0.25, 0.3) is 0 Å². The number of aliphatic carboxylic acids is 1. The van der Waals surface area contributed by atoms with Crippen molar-refractivity contribution in [3.05, 3.63) is 0 Å². The van der Waals surface area contributed by atoms with Gasteiger partial charge in [0.05, 0.1) is 6.61 Å². The zero-order chi connectivity index (χ0) is 7.98. The summed E-state index contributed by atoms with van der Waals surface area (Å²) in [6.07, 6.45) is 0.537. The first-order chi connectivity index (χ1) is 4.72. The highest BCUT2D eigenvalue weighted by atomic mass is 16.4. The molecule has 0 unspecified atom stereocenters. The van der Waals surface area contributed by atoms with E-state index < -0.39 is 12.0 Å². The van der Waals surface area contributed by atoms with Gasteiger partial charge in [-0.25, -0.2) is 0 Å².